The largest absolute Gasteiger partial charge is 0.495 e. The molecule has 3 saturated heterocycles. The maximum Gasteiger partial charge on any atom is 0.412 e. The van der Waals surface area contributed by atoms with E-state index in [4.69, 9.17) is 41.0 Å². The molecule has 2 aromatic rings. The SMILES string of the molecule is COc1cc2cc(c1Cl)N(C)C(=O)C[C@H](OC(=O)Nc1ccc(CC(=O)[C@H](CCCNC(N)=O)NC(=O)[C@@H](CC(=O)CCCCCN3C(=O)CC(C)C3=O)C(C)C)cc1C)[C@]1(C)O[C@H]1[C@H](C)[C@@H]1C[C@@](O)(CC(=O)O1)[C@H](OC)/C=C/C=C(\C)C2. The number of esters is 1. The monoisotopic (exact) mass is 1170 g/mol. The number of rotatable bonds is 22. The molecule has 83 heavy (non-hydrogen) atoms. The molecule has 0 aromatic heterocycles. The van der Waals surface area contributed by atoms with Crippen LogP contribution in [0.2, 0.25) is 5.02 Å². The summed E-state index contributed by atoms with van der Waals surface area (Å²) in [5, 5.41) is 20.4. The molecule has 6 N–H and O–H groups in total. The van der Waals surface area contributed by atoms with Crippen LogP contribution in [0.5, 0.6) is 5.75 Å². The van der Waals surface area contributed by atoms with Crippen molar-refractivity contribution in [2.45, 2.75) is 174 Å². The van der Waals surface area contributed by atoms with Crippen molar-refractivity contribution < 1.29 is 71.9 Å². The zero-order valence-electron chi connectivity index (χ0n) is 49.4. The highest BCUT2D eigenvalue weighted by Crippen LogP contribution is 2.50. The number of urea groups is 1. The van der Waals surface area contributed by atoms with Gasteiger partial charge in [-0.3, -0.25) is 43.8 Å². The number of amides is 7. The number of nitrogens with two attached hydrogens (primary N) is 1. The van der Waals surface area contributed by atoms with Gasteiger partial charge in [0.25, 0.3) is 0 Å². The van der Waals surface area contributed by atoms with Crippen LogP contribution in [-0.4, -0.2) is 139 Å². The summed E-state index contributed by atoms with van der Waals surface area (Å²) in [6, 6.07) is 6.77. The molecular formula is C61H83ClN6O15. The van der Waals surface area contributed by atoms with Gasteiger partial charge in [-0.05, 0) is 93.7 Å². The Morgan fingerprint density at radius 3 is 2.36 bits per heavy atom. The fraction of sp³-hybridized carbons (Fsp3) is 0.590. The molecule has 2 aromatic carbocycles. The van der Waals surface area contributed by atoms with Gasteiger partial charge in [0.05, 0.1) is 37.8 Å². The van der Waals surface area contributed by atoms with Crippen LogP contribution in [-0.2, 0) is 65.4 Å². The lowest BCUT2D eigenvalue weighted by Gasteiger charge is -2.41. The van der Waals surface area contributed by atoms with Gasteiger partial charge in [0, 0.05) is 82.8 Å². The predicted octanol–water partition coefficient (Wildman–Crippen LogP) is 7.16. The summed E-state index contributed by atoms with van der Waals surface area (Å²) in [5.41, 5.74) is 5.81. The number of primary amides is 1. The molecule has 4 aliphatic rings. The molecular weight excluding hydrogens is 1090 g/mol. The maximum absolute atomic E-state index is 14.5. The number of allylic oxidation sites excluding steroid dienone is 3. The van der Waals surface area contributed by atoms with E-state index in [1.54, 1.807) is 77.2 Å². The summed E-state index contributed by atoms with van der Waals surface area (Å²) >= 11 is 6.85. The van der Waals surface area contributed by atoms with E-state index in [9.17, 15) is 48.3 Å². The molecule has 454 valence electrons. The number of hydrogen-bond acceptors (Lipinski definition) is 15. The van der Waals surface area contributed by atoms with E-state index >= 15 is 0 Å². The van der Waals surface area contributed by atoms with Crippen molar-refractivity contribution in [2.24, 2.45) is 29.4 Å². The molecule has 10 atom stereocenters. The van der Waals surface area contributed by atoms with E-state index < -0.39 is 83.4 Å². The van der Waals surface area contributed by atoms with Gasteiger partial charge in [0.15, 0.2) is 5.78 Å². The van der Waals surface area contributed by atoms with E-state index in [0.29, 0.717) is 66.9 Å². The fourth-order valence-electron chi connectivity index (χ4n) is 11.4. The van der Waals surface area contributed by atoms with E-state index in [2.05, 4.69) is 16.0 Å². The number of benzene rings is 2. The topological polar surface area (TPSA) is 292 Å². The van der Waals surface area contributed by atoms with Crippen LogP contribution in [0.15, 0.2) is 54.1 Å². The molecule has 0 radical (unpaired) electrons. The Kier molecular flexibility index (Phi) is 22.7. The predicted molar refractivity (Wildman–Crippen MR) is 309 cm³/mol. The molecule has 0 saturated carbocycles. The van der Waals surface area contributed by atoms with Gasteiger partial charge < -0.3 is 50.1 Å². The summed E-state index contributed by atoms with van der Waals surface area (Å²) in [5.74, 6) is -3.93. The quantitative estimate of drug-likeness (QED) is 0.0338. The minimum atomic E-state index is -1.64. The number of likely N-dealkylation sites (tertiary alicyclic amines) is 1. The van der Waals surface area contributed by atoms with Crippen molar-refractivity contribution in [3.05, 3.63) is 75.8 Å². The summed E-state index contributed by atoms with van der Waals surface area (Å²) < 4.78 is 29.7. The molecule has 6 rings (SSSR count). The van der Waals surface area contributed by atoms with Crippen molar-refractivity contribution >= 4 is 76.3 Å². The fourth-order valence-corrected chi connectivity index (χ4v) is 11.7. The number of ketones is 2. The summed E-state index contributed by atoms with van der Waals surface area (Å²) in [4.78, 5) is 122. The molecule has 0 aliphatic carbocycles. The molecule has 7 amide bonds. The van der Waals surface area contributed by atoms with Crippen molar-refractivity contribution in [3.63, 3.8) is 0 Å². The van der Waals surface area contributed by atoms with Crippen LogP contribution >= 0.6 is 11.6 Å². The maximum atomic E-state index is 14.5. The lowest BCUT2D eigenvalue weighted by Crippen LogP contribution is -2.53. The molecule has 4 heterocycles. The van der Waals surface area contributed by atoms with Gasteiger partial charge in [0.1, 0.15) is 46.1 Å². The molecule has 22 heteroatoms. The van der Waals surface area contributed by atoms with Crippen LogP contribution in [0.3, 0.4) is 0 Å². The van der Waals surface area contributed by atoms with Gasteiger partial charge in [-0.2, -0.15) is 0 Å². The van der Waals surface area contributed by atoms with Crippen LogP contribution in [0.4, 0.5) is 21.0 Å². The van der Waals surface area contributed by atoms with Gasteiger partial charge in [-0.15, -0.1) is 0 Å². The molecule has 4 aliphatic heterocycles. The number of nitrogens with one attached hydrogen (secondary N) is 3. The highest BCUT2D eigenvalue weighted by molar-refractivity contribution is 6.35. The number of aliphatic hydroxyl groups is 1. The normalized spacial score (nSPS) is 26.4. The Morgan fingerprint density at radius 1 is 0.976 bits per heavy atom. The number of imide groups is 1. The number of methoxy groups -OCH3 is 2. The second kappa shape index (κ2) is 28.7. The van der Waals surface area contributed by atoms with Crippen molar-refractivity contribution in [1.29, 1.82) is 0 Å². The Balaban J connectivity index is 1.16. The first kappa shape index (κ1) is 65.5. The lowest BCUT2D eigenvalue weighted by molar-refractivity contribution is -0.187. The first-order valence-corrected chi connectivity index (χ1v) is 28.9. The molecule has 4 bridgehead atoms. The number of carbonyl (C=O) groups excluding carboxylic acids is 9. The zero-order valence-corrected chi connectivity index (χ0v) is 50.2. The second-order valence-electron chi connectivity index (χ2n) is 23.3. The van der Waals surface area contributed by atoms with E-state index in [0.717, 1.165) is 11.1 Å². The molecule has 21 nitrogen and oxygen atoms in total. The average Bonchev–Trinajstić information content (AvgIpc) is 2.74. The third-order valence-corrected chi connectivity index (χ3v) is 16.8. The van der Waals surface area contributed by atoms with Crippen molar-refractivity contribution in [2.75, 3.05) is 44.6 Å². The van der Waals surface area contributed by atoms with Crippen molar-refractivity contribution in [3.8, 4) is 5.75 Å². The molecule has 0 spiro atoms. The summed E-state index contributed by atoms with van der Waals surface area (Å²) in [6.07, 6.45) is 2.86. The number of fused-ring (bicyclic) bond motifs is 5. The Bertz CT molecular complexity index is 2840. The summed E-state index contributed by atoms with van der Waals surface area (Å²) in [6.45, 7) is 13.0. The molecule has 3 fully saturated rings. The van der Waals surface area contributed by atoms with Crippen LogP contribution < -0.4 is 31.3 Å². The molecule has 1 unspecified atom stereocenters. The van der Waals surface area contributed by atoms with Crippen LogP contribution in [0, 0.1) is 30.6 Å². The van der Waals surface area contributed by atoms with E-state index in [-0.39, 0.29) is 98.2 Å². The number of unbranched alkanes of at least 4 members (excludes halogenated alkanes) is 2. The number of ether oxygens (including phenoxy) is 5. The number of Topliss-reactive ketones (excluding diaryl/α,β-unsaturated/α-hetero) is 2. The third kappa shape index (κ3) is 17.0. The average molecular weight is 1180 g/mol. The Hall–Kier alpha value is -6.68. The van der Waals surface area contributed by atoms with Crippen LogP contribution in [0.25, 0.3) is 0 Å². The third-order valence-electron chi connectivity index (χ3n) is 16.4. The number of nitrogens with zero attached hydrogens (tertiary/aromatic N) is 2. The number of anilines is 2. The lowest BCUT2D eigenvalue weighted by atomic mass is 9.78. The number of carbonyl (C=O) groups is 9. The highest BCUT2D eigenvalue weighted by atomic mass is 35.5. The first-order chi connectivity index (χ1) is 39.2. The standard InChI is InChI=1S/C61H83ClN6O15/c1-34(2)42(30-41(69)17-12-11-13-23-68-52(72)26-37(5)57(68)75)56(74)65-44(18-15-22-64-58(63)76)46(70)28-39-20-21-43(36(4)25-39)66-59(77)82-50-31-51(71)67(8)45-27-40(29-47(79-9)54(45)62)24-35(3)16-14-19-49(80-10)61(78)32-48(81-53(73)33-61)38(6)55-60(50,7)83-55/h14,16,19-21,25,27,29,34,37-38,42,44,48-50,55,78H,11-13,15,17-18,22-24,26,28,30-33H2,1-10H3,(H,65,74)(H,66,77)(H3,63,64,76)/b19-14+,35-16+/t37?,38-,42+,44+,48+,49-,50+,55+,60+,61-/m1/s1. The number of halogens is 1. The van der Waals surface area contributed by atoms with Gasteiger partial charge in [0.2, 0.25) is 23.6 Å². The van der Waals surface area contributed by atoms with Gasteiger partial charge in [-0.1, -0.05) is 81.7 Å². The number of aryl methyl sites for hydroxylation is 1. The first-order valence-electron chi connectivity index (χ1n) is 28.6. The van der Waals surface area contributed by atoms with Gasteiger partial charge >= 0.3 is 18.1 Å². The second-order valence-corrected chi connectivity index (χ2v) is 23.7. The minimum Gasteiger partial charge on any atom is -0.495 e. The Labute approximate surface area is 491 Å². The Morgan fingerprint density at radius 2 is 1.71 bits per heavy atom. The minimum absolute atomic E-state index is 0.00387. The van der Waals surface area contributed by atoms with Crippen molar-refractivity contribution in [1.82, 2.24) is 15.5 Å². The zero-order chi connectivity index (χ0) is 61.1. The van der Waals surface area contributed by atoms with E-state index in [1.807, 2.05) is 26.8 Å². The number of hydrogen-bond donors (Lipinski definition) is 5. The smallest absolute Gasteiger partial charge is 0.412 e. The van der Waals surface area contributed by atoms with E-state index in [1.165, 1.54) is 24.0 Å². The van der Waals surface area contributed by atoms with Gasteiger partial charge in [-0.25, -0.2) is 9.59 Å². The number of epoxide rings is 1. The highest BCUT2D eigenvalue weighted by Gasteiger charge is 2.64. The van der Waals surface area contributed by atoms with Crippen LogP contribution in [0.1, 0.15) is 129 Å². The summed E-state index contributed by atoms with van der Waals surface area (Å²) in [7, 11) is 4.48.